The molecule has 0 radical (unpaired) electrons. The highest BCUT2D eigenvalue weighted by molar-refractivity contribution is 7.55. The van der Waals surface area contributed by atoms with Crippen molar-refractivity contribution in [1.82, 2.24) is 0 Å². The lowest BCUT2D eigenvalue weighted by atomic mass is 10.3. The van der Waals surface area contributed by atoms with Gasteiger partial charge in [-0.25, -0.2) is 8.78 Å². The summed E-state index contributed by atoms with van der Waals surface area (Å²) in [5, 5.41) is 1.75. The van der Waals surface area contributed by atoms with Crippen LogP contribution in [0.3, 0.4) is 0 Å². The zero-order valence-electron chi connectivity index (χ0n) is 7.87. The Kier molecular flexibility index (Phi) is 3.08. The van der Waals surface area contributed by atoms with Crippen molar-refractivity contribution in [1.29, 1.82) is 0 Å². The molecule has 0 unspecified atom stereocenters. The van der Waals surface area contributed by atoms with Crippen LogP contribution in [0.2, 0.25) is 0 Å². The molecule has 0 saturated carbocycles. The smallest absolute Gasteiger partial charge is 0.123 e. The summed E-state index contributed by atoms with van der Waals surface area (Å²) in [6, 6.07) is 12.8. The van der Waals surface area contributed by atoms with E-state index in [1.54, 1.807) is 12.1 Å². The van der Waals surface area contributed by atoms with Gasteiger partial charge in [0, 0.05) is 0 Å². The Morgan fingerprint density at radius 1 is 0.733 bits per heavy atom. The minimum absolute atomic E-state index is 0.253. The van der Waals surface area contributed by atoms with Crippen molar-refractivity contribution in [2.45, 2.75) is 0 Å². The van der Waals surface area contributed by atoms with E-state index >= 15 is 0 Å². The van der Waals surface area contributed by atoms with Gasteiger partial charge in [0.2, 0.25) is 0 Å². The van der Waals surface area contributed by atoms with Gasteiger partial charge in [-0.3, -0.25) is 0 Å². The van der Waals surface area contributed by atoms with Crippen LogP contribution in [-0.2, 0) is 0 Å². The summed E-state index contributed by atoms with van der Waals surface area (Å²) in [6.45, 7) is 0. The van der Waals surface area contributed by atoms with Crippen LogP contribution in [-0.4, -0.2) is 0 Å². The molecule has 2 rings (SSSR count). The van der Waals surface area contributed by atoms with E-state index in [0.717, 1.165) is 10.6 Å². The van der Waals surface area contributed by atoms with Gasteiger partial charge in [0.1, 0.15) is 11.6 Å². The third-order valence-electron chi connectivity index (χ3n) is 1.94. The fraction of sp³-hybridized carbons (Fsp3) is 0. The van der Waals surface area contributed by atoms with Crippen LogP contribution in [0.4, 0.5) is 8.78 Å². The first-order valence-corrected chi connectivity index (χ1v) is 5.52. The molecular formula is C12H9F2P. The summed E-state index contributed by atoms with van der Waals surface area (Å²) in [6.07, 6.45) is 0. The average Bonchev–Trinajstić information content (AvgIpc) is 2.17. The molecule has 76 valence electrons. The Bertz CT molecular complexity index is 425. The van der Waals surface area contributed by atoms with E-state index in [0.29, 0.717) is 0 Å². The molecule has 0 aliphatic rings. The van der Waals surface area contributed by atoms with Gasteiger partial charge < -0.3 is 0 Å². The largest absolute Gasteiger partial charge is 0.207 e. The summed E-state index contributed by atoms with van der Waals surface area (Å²) in [7, 11) is 0.290. The molecule has 0 fully saturated rings. The second kappa shape index (κ2) is 4.50. The van der Waals surface area contributed by atoms with Crippen molar-refractivity contribution in [2.75, 3.05) is 0 Å². The zero-order chi connectivity index (χ0) is 10.7. The van der Waals surface area contributed by atoms with Crippen molar-refractivity contribution >= 4 is 19.2 Å². The highest BCUT2D eigenvalue weighted by atomic mass is 31.1. The molecule has 0 bridgehead atoms. The van der Waals surface area contributed by atoms with Gasteiger partial charge >= 0.3 is 0 Å². The molecule has 15 heavy (non-hydrogen) atoms. The molecule has 3 heteroatoms. The Morgan fingerprint density at radius 3 is 1.60 bits per heavy atom. The maximum atomic E-state index is 12.9. The lowest BCUT2D eigenvalue weighted by molar-refractivity contribution is 0.629. The number of hydrogen-bond acceptors (Lipinski definition) is 0. The van der Waals surface area contributed by atoms with Crippen LogP contribution in [0, 0.1) is 11.6 Å². The summed E-state index contributed by atoms with van der Waals surface area (Å²) in [5.41, 5.74) is 0. The maximum Gasteiger partial charge on any atom is 0.123 e. The Hall–Kier alpha value is -1.27. The van der Waals surface area contributed by atoms with Gasteiger partial charge in [0.25, 0.3) is 0 Å². The number of halogens is 2. The average molecular weight is 222 g/mol. The van der Waals surface area contributed by atoms with E-state index in [1.165, 1.54) is 24.3 Å². The summed E-state index contributed by atoms with van der Waals surface area (Å²) < 4.78 is 25.8. The number of rotatable bonds is 2. The van der Waals surface area contributed by atoms with Gasteiger partial charge in [-0.05, 0) is 34.9 Å². The Balaban J connectivity index is 2.22. The Labute approximate surface area is 88.7 Å². The first-order chi connectivity index (χ1) is 7.24. The molecule has 0 spiro atoms. The summed E-state index contributed by atoms with van der Waals surface area (Å²) in [4.78, 5) is 0. The molecule has 0 aliphatic carbocycles. The van der Waals surface area contributed by atoms with Crippen molar-refractivity contribution in [3.8, 4) is 0 Å². The highest BCUT2D eigenvalue weighted by Gasteiger charge is 1.98. The molecule has 0 aromatic heterocycles. The standard InChI is InChI=1S/C12H9F2P/c13-9-3-1-5-11(7-9)15-12-6-2-4-10(14)8-12/h1-8,15H. The molecule has 0 saturated heterocycles. The lowest BCUT2D eigenvalue weighted by Crippen LogP contribution is -2.04. The molecule has 0 atom stereocenters. The van der Waals surface area contributed by atoms with Crippen LogP contribution in [0.25, 0.3) is 0 Å². The van der Waals surface area contributed by atoms with Gasteiger partial charge in [-0.1, -0.05) is 32.8 Å². The van der Waals surface area contributed by atoms with E-state index < -0.39 is 0 Å². The van der Waals surface area contributed by atoms with Gasteiger partial charge in [0.05, 0.1) is 0 Å². The van der Waals surface area contributed by atoms with Gasteiger partial charge in [-0.15, -0.1) is 0 Å². The highest BCUT2D eigenvalue weighted by Crippen LogP contribution is 2.11. The van der Waals surface area contributed by atoms with Crippen LogP contribution in [0.5, 0.6) is 0 Å². The van der Waals surface area contributed by atoms with Crippen LogP contribution in [0.1, 0.15) is 0 Å². The van der Waals surface area contributed by atoms with Crippen LogP contribution >= 0.6 is 8.58 Å². The fourth-order valence-corrected chi connectivity index (χ4v) is 2.41. The number of benzene rings is 2. The molecule has 0 nitrogen and oxygen atoms in total. The van der Waals surface area contributed by atoms with Gasteiger partial charge in [-0.2, -0.15) is 0 Å². The number of hydrogen-bond donors (Lipinski definition) is 0. The molecule has 2 aromatic carbocycles. The van der Waals surface area contributed by atoms with Gasteiger partial charge in [0.15, 0.2) is 0 Å². The van der Waals surface area contributed by atoms with Crippen molar-refractivity contribution < 1.29 is 8.78 Å². The second-order valence-corrected chi connectivity index (χ2v) is 4.55. The van der Waals surface area contributed by atoms with Crippen molar-refractivity contribution in [2.24, 2.45) is 0 Å². The topological polar surface area (TPSA) is 0 Å². The van der Waals surface area contributed by atoms with E-state index in [-0.39, 0.29) is 20.2 Å². The van der Waals surface area contributed by atoms with E-state index in [2.05, 4.69) is 0 Å². The first-order valence-electron chi connectivity index (χ1n) is 4.52. The predicted molar refractivity (Wildman–Crippen MR) is 60.4 cm³/mol. The minimum Gasteiger partial charge on any atom is -0.207 e. The molecule has 0 amide bonds. The van der Waals surface area contributed by atoms with Crippen molar-refractivity contribution in [3.63, 3.8) is 0 Å². The maximum absolute atomic E-state index is 12.9. The first kappa shape index (κ1) is 10.3. The summed E-state index contributed by atoms with van der Waals surface area (Å²) >= 11 is 0. The SMILES string of the molecule is Fc1cccc(Pc2cccc(F)c2)c1. The molecule has 0 heterocycles. The van der Waals surface area contributed by atoms with Crippen molar-refractivity contribution in [3.05, 3.63) is 60.2 Å². The fourth-order valence-electron chi connectivity index (χ4n) is 1.30. The zero-order valence-corrected chi connectivity index (χ0v) is 8.87. The third-order valence-corrected chi connectivity index (χ3v) is 3.14. The third kappa shape index (κ3) is 2.84. The normalized spacial score (nSPS) is 10.3. The predicted octanol–water partition coefficient (Wildman–Crippen LogP) is 2.59. The van der Waals surface area contributed by atoms with E-state index in [4.69, 9.17) is 0 Å². The van der Waals surface area contributed by atoms with Crippen LogP contribution < -0.4 is 10.6 Å². The monoisotopic (exact) mass is 222 g/mol. The lowest BCUT2D eigenvalue weighted by Gasteiger charge is -2.02. The van der Waals surface area contributed by atoms with E-state index in [1.807, 2.05) is 12.1 Å². The minimum atomic E-state index is -0.253. The Morgan fingerprint density at radius 2 is 1.20 bits per heavy atom. The van der Waals surface area contributed by atoms with Crippen LogP contribution in [0.15, 0.2) is 48.5 Å². The summed E-state index contributed by atoms with van der Waals surface area (Å²) in [5.74, 6) is -0.507. The second-order valence-electron chi connectivity index (χ2n) is 3.15. The molecule has 2 aromatic rings. The molecular weight excluding hydrogens is 213 g/mol. The van der Waals surface area contributed by atoms with E-state index in [9.17, 15) is 8.78 Å². The molecule has 0 aliphatic heterocycles. The quantitative estimate of drug-likeness (QED) is 0.685. The molecule has 0 N–H and O–H groups in total.